The average Bonchev–Trinajstić information content (AvgIpc) is 3.08. The fraction of sp³-hybridized carbons (Fsp3) is 0.571. The number of nitrogens with zero attached hydrogens (tertiary/aromatic N) is 3. The highest BCUT2D eigenvalue weighted by atomic mass is 32.1. The highest BCUT2D eigenvalue weighted by Gasteiger charge is 2.36. The summed E-state index contributed by atoms with van der Waals surface area (Å²) < 4.78 is 42.2. The van der Waals surface area contributed by atoms with E-state index in [1.54, 1.807) is 13.0 Å². The van der Waals surface area contributed by atoms with Crippen LogP contribution in [0.4, 0.5) is 29.7 Å². The number of anilines is 3. The zero-order chi connectivity index (χ0) is 23.3. The van der Waals surface area contributed by atoms with Crippen LogP contribution in [0.1, 0.15) is 58.3 Å². The molecule has 0 fully saturated rings. The molecule has 1 atom stereocenters. The fourth-order valence-corrected chi connectivity index (χ4v) is 3.87. The van der Waals surface area contributed by atoms with Crippen LogP contribution in [-0.4, -0.2) is 33.5 Å². The quantitative estimate of drug-likeness (QED) is 0.455. The number of rotatable bonds is 10. The summed E-state index contributed by atoms with van der Waals surface area (Å²) in [6, 6.07) is 5.57. The zero-order valence-electron chi connectivity index (χ0n) is 18.3. The first kappa shape index (κ1) is 24.9. The van der Waals surface area contributed by atoms with Gasteiger partial charge in [-0.05, 0) is 35.4 Å². The standard InChI is InChI=1S/C21H29F3N4O2S/c1-12(2)10-28(11-13(3)4)17-7-6-15(14(5)8-18(29)30)9-16(17)25-20-26-19(27-31-20)21(22,23)24/h6-7,9,12-14H,8,10-11H2,1-5H3,(H,29,30)(H,25,26,27). The Labute approximate surface area is 184 Å². The third-order valence-corrected chi connectivity index (χ3v) is 5.13. The maximum atomic E-state index is 12.9. The highest BCUT2D eigenvalue weighted by Crippen LogP contribution is 2.36. The summed E-state index contributed by atoms with van der Waals surface area (Å²) in [6.07, 6.45) is -4.66. The molecule has 0 radical (unpaired) electrons. The molecule has 0 amide bonds. The van der Waals surface area contributed by atoms with Crippen LogP contribution in [0.25, 0.3) is 0 Å². The predicted octanol–water partition coefficient (Wildman–Crippen LogP) is 6.00. The lowest BCUT2D eigenvalue weighted by molar-refractivity contribution is -0.144. The molecule has 0 spiro atoms. The minimum Gasteiger partial charge on any atom is -0.481 e. The predicted molar refractivity (Wildman–Crippen MR) is 117 cm³/mol. The van der Waals surface area contributed by atoms with Gasteiger partial charge >= 0.3 is 12.1 Å². The molecule has 2 N–H and O–H groups in total. The Morgan fingerprint density at radius 2 is 1.77 bits per heavy atom. The Morgan fingerprint density at radius 3 is 2.26 bits per heavy atom. The topological polar surface area (TPSA) is 78.4 Å². The van der Waals surface area contributed by atoms with Crippen molar-refractivity contribution >= 4 is 34.0 Å². The number of hydrogen-bond donors (Lipinski definition) is 2. The minimum absolute atomic E-state index is 0.0330. The number of alkyl halides is 3. The van der Waals surface area contributed by atoms with E-state index >= 15 is 0 Å². The molecule has 0 saturated heterocycles. The van der Waals surface area contributed by atoms with Crippen LogP contribution in [0.5, 0.6) is 0 Å². The van der Waals surface area contributed by atoms with E-state index < -0.39 is 18.0 Å². The molecule has 0 saturated carbocycles. The third kappa shape index (κ3) is 7.37. The molecular formula is C21H29F3N4O2S. The van der Waals surface area contributed by atoms with Gasteiger partial charge in [-0.2, -0.15) is 22.5 Å². The number of halogens is 3. The van der Waals surface area contributed by atoms with Gasteiger partial charge in [0.2, 0.25) is 11.0 Å². The van der Waals surface area contributed by atoms with E-state index in [-0.39, 0.29) is 17.5 Å². The molecule has 31 heavy (non-hydrogen) atoms. The molecule has 10 heteroatoms. The molecule has 0 aliphatic heterocycles. The van der Waals surface area contributed by atoms with Crippen LogP contribution in [-0.2, 0) is 11.0 Å². The Kier molecular flexibility index (Phi) is 8.27. The molecule has 6 nitrogen and oxygen atoms in total. The number of benzene rings is 1. The summed E-state index contributed by atoms with van der Waals surface area (Å²) in [6.45, 7) is 11.7. The molecule has 172 valence electrons. The van der Waals surface area contributed by atoms with Crippen molar-refractivity contribution in [3.63, 3.8) is 0 Å². The van der Waals surface area contributed by atoms with Gasteiger partial charge in [0.25, 0.3) is 0 Å². The maximum Gasteiger partial charge on any atom is 0.452 e. The van der Waals surface area contributed by atoms with Gasteiger partial charge in [0.15, 0.2) is 0 Å². The molecule has 0 bridgehead atoms. The van der Waals surface area contributed by atoms with Crippen molar-refractivity contribution in [3.8, 4) is 0 Å². The van der Waals surface area contributed by atoms with Gasteiger partial charge in [-0.25, -0.2) is 0 Å². The minimum atomic E-state index is -4.61. The van der Waals surface area contributed by atoms with Gasteiger partial charge in [-0.15, -0.1) is 0 Å². The van der Waals surface area contributed by atoms with Crippen molar-refractivity contribution in [2.24, 2.45) is 11.8 Å². The largest absolute Gasteiger partial charge is 0.481 e. The molecule has 1 aromatic heterocycles. The average molecular weight is 459 g/mol. The van der Waals surface area contributed by atoms with E-state index in [9.17, 15) is 18.0 Å². The van der Waals surface area contributed by atoms with E-state index in [1.165, 1.54) is 0 Å². The monoisotopic (exact) mass is 458 g/mol. The van der Waals surface area contributed by atoms with E-state index in [2.05, 4.69) is 47.3 Å². The number of aromatic nitrogens is 2. The number of aliphatic carboxylic acids is 1. The first-order valence-corrected chi connectivity index (χ1v) is 10.9. The summed E-state index contributed by atoms with van der Waals surface area (Å²) in [4.78, 5) is 16.9. The van der Waals surface area contributed by atoms with Crippen LogP contribution < -0.4 is 10.2 Å². The third-order valence-electron chi connectivity index (χ3n) is 4.50. The van der Waals surface area contributed by atoms with Crippen LogP contribution >= 0.6 is 11.5 Å². The Morgan fingerprint density at radius 1 is 1.16 bits per heavy atom. The lowest BCUT2D eigenvalue weighted by Crippen LogP contribution is -2.31. The van der Waals surface area contributed by atoms with Gasteiger partial charge in [0, 0.05) is 24.6 Å². The first-order chi connectivity index (χ1) is 14.4. The van der Waals surface area contributed by atoms with Crippen molar-refractivity contribution in [1.82, 2.24) is 9.36 Å². The Balaban J connectivity index is 2.47. The maximum absolute atomic E-state index is 12.9. The molecular weight excluding hydrogens is 429 g/mol. The Hall–Kier alpha value is -2.36. The molecule has 1 aromatic carbocycles. The van der Waals surface area contributed by atoms with E-state index in [0.29, 0.717) is 29.1 Å². The van der Waals surface area contributed by atoms with Crippen molar-refractivity contribution < 1.29 is 23.1 Å². The van der Waals surface area contributed by atoms with Crippen LogP contribution in [0.3, 0.4) is 0 Å². The SMILES string of the molecule is CC(C)CN(CC(C)C)c1ccc(C(C)CC(=O)O)cc1Nc1nc(C(F)(F)F)ns1. The number of hydrogen-bond acceptors (Lipinski definition) is 6. The number of carboxylic acids is 1. The van der Waals surface area contributed by atoms with Gasteiger partial charge in [-0.1, -0.05) is 40.7 Å². The van der Waals surface area contributed by atoms with Crippen LogP contribution in [0.15, 0.2) is 18.2 Å². The van der Waals surface area contributed by atoms with Crippen molar-refractivity contribution in [2.45, 2.75) is 53.1 Å². The lowest BCUT2D eigenvalue weighted by Gasteiger charge is -2.31. The second-order valence-corrected chi connectivity index (χ2v) is 9.27. The smallest absolute Gasteiger partial charge is 0.452 e. The number of carboxylic acid groups (broad SMARTS) is 1. The Bertz CT molecular complexity index is 874. The second kappa shape index (κ2) is 10.3. The summed E-state index contributed by atoms with van der Waals surface area (Å²) in [5.41, 5.74) is 2.20. The van der Waals surface area contributed by atoms with E-state index in [0.717, 1.165) is 24.3 Å². The van der Waals surface area contributed by atoms with Gasteiger partial charge in [-0.3, -0.25) is 4.79 Å². The molecule has 1 heterocycles. The first-order valence-electron chi connectivity index (χ1n) is 10.2. The van der Waals surface area contributed by atoms with Gasteiger partial charge in [0.1, 0.15) is 0 Å². The fourth-order valence-electron chi connectivity index (χ4n) is 3.27. The molecule has 2 aromatic rings. The van der Waals surface area contributed by atoms with Crippen molar-refractivity contribution in [1.29, 1.82) is 0 Å². The second-order valence-electron chi connectivity index (χ2n) is 8.51. The summed E-state index contributed by atoms with van der Waals surface area (Å²) >= 11 is 0.640. The zero-order valence-corrected chi connectivity index (χ0v) is 19.1. The van der Waals surface area contributed by atoms with Crippen molar-refractivity contribution in [2.75, 3.05) is 23.3 Å². The normalized spacial score (nSPS) is 13.0. The van der Waals surface area contributed by atoms with Gasteiger partial charge < -0.3 is 15.3 Å². The summed E-state index contributed by atoms with van der Waals surface area (Å²) in [5.74, 6) is -1.61. The number of carbonyl (C=O) groups is 1. The lowest BCUT2D eigenvalue weighted by atomic mass is 9.96. The van der Waals surface area contributed by atoms with E-state index in [1.807, 2.05) is 12.1 Å². The summed E-state index contributed by atoms with van der Waals surface area (Å²) in [7, 11) is 0. The molecule has 1 unspecified atom stereocenters. The highest BCUT2D eigenvalue weighted by molar-refractivity contribution is 7.09. The molecule has 2 rings (SSSR count). The molecule has 0 aliphatic rings. The number of nitrogens with one attached hydrogen (secondary N) is 1. The van der Waals surface area contributed by atoms with E-state index in [4.69, 9.17) is 5.11 Å². The van der Waals surface area contributed by atoms with Crippen LogP contribution in [0.2, 0.25) is 0 Å². The van der Waals surface area contributed by atoms with Crippen LogP contribution in [0, 0.1) is 11.8 Å². The summed E-state index contributed by atoms with van der Waals surface area (Å²) in [5, 5.41) is 12.2. The molecule has 0 aliphatic carbocycles. The van der Waals surface area contributed by atoms with Gasteiger partial charge in [0.05, 0.1) is 17.8 Å². The van der Waals surface area contributed by atoms with Crippen molar-refractivity contribution in [3.05, 3.63) is 29.6 Å².